The van der Waals surface area contributed by atoms with E-state index in [-0.39, 0.29) is 48.7 Å². The highest BCUT2D eigenvalue weighted by Crippen LogP contribution is 2.43. The Bertz CT molecular complexity index is 1210. The Hall–Kier alpha value is -3.47. The Balaban J connectivity index is 1.52. The number of amides is 3. The summed E-state index contributed by atoms with van der Waals surface area (Å²) in [6.45, 7) is 1.34. The van der Waals surface area contributed by atoms with Crippen molar-refractivity contribution in [3.8, 4) is 0 Å². The first-order valence-electron chi connectivity index (χ1n) is 12.0. The van der Waals surface area contributed by atoms with Gasteiger partial charge in [0, 0.05) is 35.8 Å². The number of aryl methyl sites for hydroxylation is 1. The van der Waals surface area contributed by atoms with Crippen LogP contribution in [-0.4, -0.2) is 53.0 Å². The fourth-order valence-corrected chi connectivity index (χ4v) is 5.16. The molecule has 4 rings (SSSR count). The number of hydrogen-bond acceptors (Lipinski definition) is 4. The van der Waals surface area contributed by atoms with E-state index < -0.39 is 52.9 Å². The Morgan fingerprint density at radius 3 is 2.30 bits per heavy atom. The highest BCUT2D eigenvalue weighted by Gasteiger charge is 2.54. The minimum atomic E-state index is -4.25. The molecule has 1 unspecified atom stereocenters. The summed E-state index contributed by atoms with van der Waals surface area (Å²) >= 11 is 0. The molecule has 2 bridgehead atoms. The number of halogens is 4. The summed E-state index contributed by atoms with van der Waals surface area (Å²) in [5, 5.41) is 13.9. The van der Waals surface area contributed by atoms with E-state index in [9.17, 15) is 23.2 Å². The van der Waals surface area contributed by atoms with Crippen LogP contribution >= 0.6 is 0 Å². The molecule has 2 aliphatic heterocycles. The highest BCUT2D eigenvalue weighted by molar-refractivity contribution is 6.04. The van der Waals surface area contributed by atoms with Crippen LogP contribution in [0.5, 0.6) is 0 Å². The number of fused-ring (bicyclic) bond motifs is 2. The second kappa shape index (κ2) is 10.5. The SMILES string of the molecule is Cc1cc(NC(=O)c2ccc(F)c(C(F)(F)C(=O)N3[C@@H]4CC[C@H]3CC(C(=O)NCCO)C4)c2)ccc1F. The number of anilines is 1. The first-order valence-corrected chi connectivity index (χ1v) is 12.0. The van der Waals surface area contributed by atoms with Crippen LogP contribution in [0.2, 0.25) is 0 Å². The average molecular weight is 522 g/mol. The van der Waals surface area contributed by atoms with Gasteiger partial charge in [-0.15, -0.1) is 0 Å². The topological polar surface area (TPSA) is 98.7 Å². The third kappa shape index (κ3) is 5.31. The maximum absolute atomic E-state index is 15.4. The molecule has 0 aliphatic carbocycles. The second-order valence-electron chi connectivity index (χ2n) is 9.47. The molecule has 0 spiro atoms. The zero-order valence-corrected chi connectivity index (χ0v) is 20.1. The molecule has 37 heavy (non-hydrogen) atoms. The van der Waals surface area contributed by atoms with Crippen molar-refractivity contribution in [3.63, 3.8) is 0 Å². The van der Waals surface area contributed by atoms with Gasteiger partial charge in [0.15, 0.2) is 0 Å². The number of nitrogens with zero attached hydrogens (tertiary/aromatic N) is 1. The molecule has 2 aliphatic rings. The molecule has 0 radical (unpaired) electrons. The third-order valence-electron chi connectivity index (χ3n) is 7.00. The van der Waals surface area contributed by atoms with Crippen molar-refractivity contribution in [1.29, 1.82) is 0 Å². The lowest BCUT2D eigenvalue weighted by Gasteiger charge is -2.40. The van der Waals surface area contributed by atoms with Crippen molar-refractivity contribution in [3.05, 3.63) is 64.7 Å². The molecule has 3 N–H and O–H groups in total. The molecular weight excluding hydrogens is 494 g/mol. The molecule has 7 nitrogen and oxygen atoms in total. The van der Waals surface area contributed by atoms with Gasteiger partial charge in [-0.2, -0.15) is 8.78 Å². The summed E-state index contributed by atoms with van der Waals surface area (Å²) in [4.78, 5) is 39.1. The molecular formula is C26H27F4N3O4. The predicted octanol–water partition coefficient (Wildman–Crippen LogP) is 3.50. The molecule has 3 amide bonds. The van der Waals surface area contributed by atoms with Gasteiger partial charge in [-0.25, -0.2) is 8.78 Å². The Kier molecular flexibility index (Phi) is 7.54. The molecule has 2 heterocycles. The molecule has 0 aromatic heterocycles. The van der Waals surface area contributed by atoms with Crippen molar-refractivity contribution >= 4 is 23.4 Å². The fraction of sp³-hybridized carbons (Fsp3) is 0.423. The number of nitrogens with one attached hydrogen (secondary N) is 2. The first kappa shape index (κ1) is 26.6. The number of piperidine rings is 1. The van der Waals surface area contributed by atoms with Gasteiger partial charge >= 0.3 is 5.92 Å². The van der Waals surface area contributed by atoms with Gasteiger partial charge in [0.2, 0.25) is 5.91 Å². The summed E-state index contributed by atoms with van der Waals surface area (Å²) in [6.07, 6.45) is 1.27. The number of carbonyl (C=O) groups excluding carboxylic acids is 3. The monoisotopic (exact) mass is 521 g/mol. The van der Waals surface area contributed by atoms with Crippen LogP contribution in [0.25, 0.3) is 0 Å². The zero-order chi connectivity index (χ0) is 26.9. The Morgan fingerprint density at radius 1 is 1.03 bits per heavy atom. The van der Waals surface area contributed by atoms with Crippen LogP contribution < -0.4 is 10.6 Å². The Labute approximate surface area is 210 Å². The van der Waals surface area contributed by atoms with Gasteiger partial charge in [0.1, 0.15) is 11.6 Å². The number of rotatable bonds is 7. The van der Waals surface area contributed by atoms with E-state index in [0.717, 1.165) is 17.0 Å². The van der Waals surface area contributed by atoms with Crippen molar-refractivity contribution in [2.45, 2.75) is 50.6 Å². The second-order valence-corrected chi connectivity index (χ2v) is 9.47. The zero-order valence-electron chi connectivity index (χ0n) is 20.1. The minimum Gasteiger partial charge on any atom is -0.395 e. The van der Waals surface area contributed by atoms with Crippen LogP contribution in [0.4, 0.5) is 23.2 Å². The van der Waals surface area contributed by atoms with Crippen molar-refractivity contribution in [2.75, 3.05) is 18.5 Å². The van der Waals surface area contributed by atoms with Gasteiger partial charge in [-0.1, -0.05) is 0 Å². The largest absolute Gasteiger partial charge is 0.395 e. The minimum absolute atomic E-state index is 0.0787. The molecule has 0 saturated carbocycles. The fourth-order valence-electron chi connectivity index (χ4n) is 5.16. The lowest BCUT2D eigenvalue weighted by molar-refractivity contribution is -0.165. The smallest absolute Gasteiger partial charge is 0.352 e. The standard InChI is InChI=1S/C26H27F4N3O4/c1-14-10-17(3-7-21(14)27)32-24(36)15-2-6-22(28)20(13-15)26(29,30)25(37)33-18-4-5-19(33)12-16(11-18)23(35)31-8-9-34/h2-3,6-7,10,13,16,18-19,34H,4-5,8-9,11-12H2,1H3,(H,31,35)(H,32,36)/t16?,18-,19+. The number of aliphatic hydroxyl groups is 1. The lowest BCUT2D eigenvalue weighted by Crippen LogP contribution is -2.53. The number of hydrogen-bond donors (Lipinski definition) is 3. The molecule has 2 saturated heterocycles. The number of alkyl halides is 2. The van der Waals surface area contributed by atoms with E-state index in [2.05, 4.69) is 10.6 Å². The lowest BCUT2D eigenvalue weighted by atomic mass is 9.89. The highest BCUT2D eigenvalue weighted by atomic mass is 19.3. The van der Waals surface area contributed by atoms with E-state index in [1.54, 1.807) is 0 Å². The normalized spacial score (nSPS) is 21.0. The van der Waals surface area contributed by atoms with Crippen molar-refractivity contribution in [2.24, 2.45) is 5.92 Å². The van der Waals surface area contributed by atoms with Crippen LogP contribution in [-0.2, 0) is 15.5 Å². The molecule has 2 aromatic rings. The maximum Gasteiger partial charge on any atom is 0.352 e. The van der Waals surface area contributed by atoms with Crippen LogP contribution in [0, 0.1) is 24.5 Å². The number of benzene rings is 2. The van der Waals surface area contributed by atoms with E-state index in [1.165, 1.54) is 19.1 Å². The molecule has 2 fully saturated rings. The average Bonchev–Trinajstić information content (AvgIpc) is 3.12. The van der Waals surface area contributed by atoms with Crippen molar-refractivity contribution < 1.29 is 37.1 Å². The summed E-state index contributed by atoms with van der Waals surface area (Å²) in [7, 11) is 0. The predicted molar refractivity (Wildman–Crippen MR) is 126 cm³/mol. The molecule has 2 aromatic carbocycles. The molecule has 198 valence electrons. The third-order valence-corrected chi connectivity index (χ3v) is 7.00. The Morgan fingerprint density at radius 2 is 1.68 bits per heavy atom. The van der Waals surface area contributed by atoms with Gasteiger partial charge < -0.3 is 20.6 Å². The van der Waals surface area contributed by atoms with Gasteiger partial charge in [-0.05, 0) is 74.6 Å². The number of carbonyl (C=O) groups is 3. The maximum atomic E-state index is 15.4. The van der Waals surface area contributed by atoms with Gasteiger partial charge in [0.25, 0.3) is 11.8 Å². The quantitative estimate of drug-likeness (QED) is 0.486. The number of aliphatic hydroxyl groups excluding tert-OH is 1. The van der Waals surface area contributed by atoms with E-state index in [0.29, 0.717) is 25.0 Å². The van der Waals surface area contributed by atoms with Crippen LogP contribution in [0.15, 0.2) is 36.4 Å². The van der Waals surface area contributed by atoms with Gasteiger partial charge in [-0.3, -0.25) is 14.4 Å². The summed E-state index contributed by atoms with van der Waals surface area (Å²) in [5.74, 6) is -9.24. The first-order chi connectivity index (χ1) is 17.5. The summed E-state index contributed by atoms with van der Waals surface area (Å²) < 4.78 is 59.0. The van der Waals surface area contributed by atoms with E-state index in [4.69, 9.17) is 5.11 Å². The van der Waals surface area contributed by atoms with Crippen molar-refractivity contribution in [1.82, 2.24) is 10.2 Å². The molecule has 11 heteroatoms. The van der Waals surface area contributed by atoms with Crippen LogP contribution in [0.3, 0.4) is 0 Å². The summed E-state index contributed by atoms with van der Waals surface area (Å²) in [6, 6.07) is 4.97. The van der Waals surface area contributed by atoms with Crippen LogP contribution in [0.1, 0.15) is 47.2 Å². The van der Waals surface area contributed by atoms with Gasteiger partial charge in [0.05, 0.1) is 12.2 Å². The van der Waals surface area contributed by atoms with E-state index in [1.807, 2.05) is 0 Å². The van der Waals surface area contributed by atoms with E-state index >= 15 is 8.78 Å². The molecule has 3 atom stereocenters. The summed E-state index contributed by atoms with van der Waals surface area (Å²) in [5.41, 5.74) is -1.03.